The lowest BCUT2D eigenvalue weighted by molar-refractivity contribution is -0.137. The second-order valence-electron chi connectivity index (χ2n) is 6.87. The van der Waals surface area contributed by atoms with E-state index in [2.05, 4.69) is 20.8 Å². The van der Waals surface area contributed by atoms with E-state index in [1.54, 1.807) is 6.07 Å². The standard InChI is InChI=1S/C19H21F3OS/c1-18(2,3)16-9-7-14(8-10-16)12-24(23)13-15-5-4-6-17(11-15)19(20,21)22/h4-11H,12-13H2,1-3H3/t24-/m0/s1. The third kappa shape index (κ3) is 5.20. The van der Waals surface area contributed by atoms with Crippen molar-refractivity contribution >= 4 is 10.8 Å². The van der Waals surface area contributed by atoms with Gasteiger partial charge in [0, 0.05) is 22.3 Å². The van der Waals surface area contributed by atoms with Crippen LogP contribution in [-0.2, 0) is 33.9 Å². The summed E-state index contributed by atoms with van der Waals surface area (Å²) >= 11 is 0. The lowest BCUT2D eigenvalue weighted by Crippen LogP contribution is -2.11. The summed E-state index contributed by atoms with van der Waals surface area (Å²) in [5.41, 5.74) is 1.90. The van der Waals surface area contributed by atoms with E-state index in [1.165, 1.54) is 11.6 Å². The SMILES string of the molecule is CC(C)(C)c1ccc(C[S@](=O)Cc2cccc(C(F)(F)F)c2)cc1. The van der Waals surface area contributed by atoms with Crippen LogP contribution in [0.1, 0.15) is 43.0 Å². The summed E-state index contributed by atoms with van der Waals surface area (Å²) < 4.78 is 50.4. The Hall–Kier alpha value is -1.62. The molecule has 0 unspecified atom stereocenters. The monoisotopic (exact) mass is 354 g/mol. The van der Waals surface area contributed by atoms with E-state index in [-0.39, 0.29) is 11.2 Å². The van der Waals surface area contributed by atoms with Gasteiger partial charge in [-0.1, -0.05) is 63.2 Å². The van der Waals surface area contributed by atoms with Gasteiger partial charge in [0.2, 0.25) is 0 Å². The van der Waals surface area contributed by atoms with Crippen molar-refractivity contribution in [2.75, 3.05) is 0 Å². The molecule has 130 valence electrons. The molecule has 0 amide bonds. The molecule has 0 aliphatic heterocycles. The zero-order valence-electron chi connectivity index (χ0n) is 14.0. The highest BCUT2D eigenvalue weighted by Gasteiger charge is 2.30. The molecule has 0 fully saturated rings. The van der Waals surface area contributed by atoms with Crippen LogP contribution < -0.4 is 0 Å². The molecule has 0 aliphatic rings. The summed E-state index contributed by atoms with van der Waals surface area (Å²) in [7, 11) is -1.25. The Morgan fingerprint density at radius 2 is 1.42 bits per heavy atom. The molecule has 0 aliphatic carbocycles. The van der Waals surface area contributed by atoms with E-state index in [0.29, 0.717) is 11.3 Å². The first-order valence-electron chi connectivity index (χ1n) is 7.66. The Labute approximate surface area is 143 Å². The molecule has 2 aromatic carbocycles. The van der Waals surface area contributed by atoms with E-state index < -0.39 is 22.5 Å². The molecular weight excluding hydrogens is 333 g/mol. The topological polar surface area (TPSA) is 17.1 Å². The highest BCUT2D eigenvalue weighted by atomic mass is 32.2. The van der Waals surface area contributed by atoms with Crippen LogP contribution in [0.5, 0.6) is 0 Å². The highest BCUT2D eigenvalue weighted by Crippen LogP contribution is 2.30. The van der Waals surface area contributed by atoms with Gasteiger partial charge >= 0.3 is 6.18 Å². The first-order chi connectivity index (χ1) is 11.1. The molecule has 0 saturated heterocycles. The fraction of sp³-hybridized carbons (Fsp3) is 0.368. The molecule has 0 aromatic heterocycles. The minimum atomic E-state index is -4.37. The molecule has 24 heavy (non-hydrogen) atoms. The van der Waals surface area contributed by atoms with Gasteiger partial charge in [0.1, 0.15) is 0 Å². The lowest BCUT2D eigenvalue weighted by Gasteiger charge is -2.19. The average Bonchev–Trinajstić information content (AvgIpc) is 2.46. The van der Waals surface area contributed by atoms with Crippen molar-refractivity contribution in [3.8, 4) is 0 Å². The molecule has 0 N–H and O–H groups in total. The van der Waals surface area contributed by atoms with Crippen LogP contribution in [0.3, 0.4) is 0 Å². The Balaban J connectivity index is 2.03. The van der Waals surface area contributed by atoms with Crippen LogP contribution in [0.2, 0.25) is 0 Å². The maximum Gasteiger partial charge on any atom is 0.416 e. The lowest BCUT2D eigenvalue weighted by atomic mass is 9.87. The van der Waals surface area contributed by atoms with Gasteiger partial charge in [-0.25, -0.2) is 0 Å². The number of halogens is 3. The van der Waals surface area contributed by atoms with E-state index in [1.807, 2.05) is 24.3 Å². The third-order valence-corrected chi connectivity index (χ3v) is 5.04. The first-order valence-corrected chi connectivity index (χ1v) is 9.15. The van der Waals surface area contributed by atoms with Crippen molar-refractivity contribution in [3.63, 3.8) is 0 Å². The van der Waals surface area contributed by atoms with Crippen molar-refractivity contribution in [3.05, 3.63) is 70.8 Å². The number of hydrogen-bond acceptors (Lipinski definition) is 1. The van der Waals surface area contributed by atoms with Crippen molar-refractivity contribution in [2.24, 2.45) is 0 Å². The summed E-state index contributed by atoms with van der Waals surface area (Å²) in [4.78, 5) is 0. The van der Waals surface area contributed by atoms with Crippen molar-refractivity contribution in [2.45, 2.75) is 43.9 Å². The quantitative estimate of drug-likeness (QED) is 0.713. The number of benzene rings is 2. The van der Waals surface area contributed by atoms with Crippen LogP contribution in [-0.4, -0.2) is 4.21 Å². The van der Waals surface area contributed by atoms with Crippen molar-refractivity contribution < 1.29 is 17.4 Å². The van der Waals surface area contributed by atoms with E-state index in [0.717, 1.165) is 17.7 Å². The third-order valence-electron chi connectivity index (χ3n) is 3.73. The second kappa shape index (κ2) is 7.09. The maximum absolute atomic E-state index is 12.7. The van der Waals surface area contributed by atoms with Crippen molar-refractivity contribution in [1.82, 2.24) is 0 Å². The fourth-order valence-corrected chi connectivity index (χ4v) is 3.58. The smallest absolute Gasteiger partial charge is 0.259 e. The summed E-state index contributed by atoms with van der Waals surface area (Å²) in [6, 6.07) is 12.9. The highest BCUT2D eigenvalue weighted by molar-refractivity contribution is 7.83. The molecule has 2 aromatic rings. The zero-order chi connectivity index (χ0) is 18.0. The summed E-state index contributed by atoms with van der Waals surface area (Å²) in [6.07, 6.45) is -4.37. The Morgan fingerprint density at radius 3 is 1.96 bits per heavy atom. The van der Waals surface area contributed by atoms with Gasteiger partial charge < -0.3 is 0 Å². The minimum absolute atomic E-state index is 0.0513. The summed E-state index contributed by atoms with van der Waals surface area (Å²) in [5, 5.41) is 0. The second-order valence-corrected chi connectivity index (χ2v) is 8.33. The molecule has 1 atom stereocenters. The Kier molecular flexibility index (Phi) is 5.53. The molecular formula is C19H21F3OS. The van der Waals surface area contributed by atoms with E-state index in [4.69, 9.17) is 0 Å². The normalized spacial score (nSPS) is 13.8. The molecule has 0 heterocycles. The average molecular weight is 354 g/mol. The van der Waals surface area contributed by atoms with E-state index in [9.17, 15) is 17.4 Å². The molecule has 0 bridgehead atoms. The van der Waals surface area contributed by atoms with Gasteiger partial charge in [0.15, 0.2) is 0 Å². The van der Waals surface area contributed by atoms with Gasteiger partial charge in [-0.3, -0.25) is 4.21 Å². The van der Waals surface area contributed by atoms with Gasteiger partial charge in [-0.15, -0.1) is 0 Å². The Morgan fingerprint density at radius 1 is 0.833 bits per heavy atom. The largest absolute Gasteiger partial charge is 0.416 e. The summed E-state index contributed by atoms with van der Waals surface area (Å²) in [6.45, 7) is 6.36. The van der Waals surface area contributed by atoms with Crippen LogP contribution >= 0.6 is 0 Å². The molecule has 0 spiro atoms. The van der Waals surface area contributed by atoms with E-state index >= 15 is 0 Å². The molecule has 0 saturated carbocycles. The molecule has 1 nitrogen and oxygen atoms in total. The zero-order valence-corrected chi connectivity index (χ0v) is 14.8. The minimum Gasteiger partial charge on any atom is -0.259 e. The predicted octanol–water partition coefficient (Wildman–Crippen LogP) is 5.45. The number of rotatable bonds is 4. The van der Waals surface area contributed by atoms with Crippen LogP contribution in [0.15, 0.2) is 48.5 Å². The Bertz CT molecular complexity index is 713. The van der Waals surface area contributed by atoms with Gasteiger partial charge in [-0.2, -0.15) is 13.2 Å². The number of hydrogen-bond donors (Lipinski definition) is 0. The van der Waals surface area contributed by atoms with Gasteiger partial charge in [0.25, 0.3) is 0 Å². The maximum atomic E-state index is 12.7. The van der Waals surface area contributed by atoms with Crippen LogP contribution in [0.25, 0.3) is 0 Å². The molecule has 2 rings (SSSR count). The molecule has 5 heteroatoms. The van der Waals surface area contributed by atoms with Crippen LogP contribution in [0, 0.1) is 0 Å². The molecule has 0 radical (unpaired) electrons. The number of alkyl halides is 3. The summed E-state index contributed by atoms with van der Waals surface area (Å²) in [5.74, 6) is 0.450. The van der Waals surface area contributed by atoms with Crippen LogP contribution in [0.4, 0.5) is 13.2 Å². The fourth-order valence-electron chi connectivity index (χ4n) is 2.36. The predicted molar refractivity (Wildman–Crippen MR) is 92.1 cm³/mol. The van der Waals surface area contributed by atoms with Gasteiger partial charge in [0.05, 0.1) is 5.56 Å². The first kappa shape index (κ1) is 18.7. The van der Waals surface area contributed by atoms with Gasteiger partial charge in [-0.05, 0) is 28.2 Å². The van der Waals surface area contributed by atoms with Crippen molar-refractivity contribution in [1.29, 1.82) is 0 Å².